The Bertz CT molecular complexity index is 720. The van der Waals surface area contributed by atoms with Crippen LogP contribution < -0.4 is 9.44 Å². The third kappa shape index (κ3) is 6.16. The zero-order valence-corrected chi connectivity index (χ0v) is 14.2. The quantitative estimate of drug-likeness (QED) is 0.531. The van der Waals surface area contributed by atoms with Crippen LogP contribution in [0.25, 0.3) is 0 Å². The van der Waals surface area contributed by atoms with Crippen LogP contribution in [0.4, 0.5) is 0 Å². The first kappa shape index (κ1) is 19.3. The summed E-state index contributed by atoms with van der Waals surface area (Å²) in [7, 11) is -9.25. The normalized spacial score (nSPS) is 15.7. The minimum Gasteiger partial charge on any atom is -0.273 e. The summed E-state index contributed by atoms with van der Waals surface area (Å²) in [4.78, 5) is 0. The molecule has 4 N–H and O–H groups in total. The maximum atomic E-state index is 11.2. The molecule has 22 heavy (non-hydrogen) atoms. The maximum Gasteiger partial charge on any atom is 0.333 e. The SMILES string of the molecule is CC(C)[C@H](NS(=O)(=O)O)[C@@H](NS(=O)(=O)O)c1ccccc1Cl. The highest BCUT2D eigenvalue weighted by molar-refractivity contribution is 7.84. The van der Waals surface area contributed by atoms with Gasteiger partial charge in [0.1, 0.15) is 0 Å². The highest BCUT2D eigenvalue weighted by atomic mass is 35.5. The first-order chi connectivity index (χ1) is 9.91. The summed E-state index contributed by atoms with van der Waals surface area (Å²) in [5.74, 6) is -0.433. The van der Waals surface area contributed by atoms with Crippen LogP contribution in [0, 0.1) is 5.92 Å². The zero-order valence-electron chi connectivity index (χ0n) is 11.8. The van der Waals surface area contributed by atoms with Crippen molar-refractivity contribution in [2.75, 3.05) is 0 Å². The Morgan fingerprint density at radius 1 is 1.00 bits per heavy atom. The van der Waals surface area contributed by atoms with Crippen LogP contribution in [0.15, 0.2) is 24.3 Å². The number of rotatable bonds is 7. The second-order valence-electron chi connectivity index (χ2n) is 4.95. The van der Waals surface area contributed by atoms with E-state index < -0.39 is 38.6 Å². The van der Waals surface area contributed by atoms with Crippen LogP contribution in [-0.2, 0) is 20.6 Å². The van der Waals surface area contributed by atoms with Crippen molar-refractivity contribution in [3.63, 3.8) is 0 Å². The molecule has 0 amide bonds. The average Bonchev–Trinajstić information content (AvgIpc) is 2.32. The molecule has 2 atom stereocenters. The molecule has 0 radical (unpaired) electrons. The molecule has 0 saturated carbocycles. The van der Waals surface area contributed by atoms with Crippen LogP contribution in [0.2, 0.25) is 5.02 Å². The van der Waals surface area contributed by atoms with Crippen LogP contribution in [0.3, 0.4) is 0 Å². The fourth-order valence-electron chi connectivity index (χ4n) is 1.98. The molecule has 0 aliphatic carbocycles. The van der Waals surface area contributed by atoms with Gasteiger partial charge in [0.25, 0.3) is 0 Å². The molecule has 0 aliphatic rings. The predicted molar refractivity (Wildman–Crippen MR) is 82.2 cm³/mol. The standard InChI is InChI=1S/C11H17ClN2O6S2/c1-7(2)10(13-21(15,16)17)11(14-22(18,19)20)8-5-3-4-6-9(8)12/h3-7,10-11,13-14H,1-2H3,(H,15,16,17)(H,18,19,20)/t10-,11-/m0/s1. The Balaban J connectivity index is 3.37. The maximum absolute atomic E-state index is 11.2. The van der Waals surface area contributed by atoms with E-state index in [0.29, 0.717) is 0 Å². The topological polar surface area (TPSA) is 133 Å². The van der Waals surface area contributed by atoms with Crippen molar-refractivity contribution in [2.45, 2.75) is 25.9 Å². The molecule has 0 unspecified atom stereocenters. The van der Waals surface area contributed by atoms with Crippen LogP contribution >= 0.6 is 11.6 Å². The van der Waals surface area contributed by atoms with E-state index in [-0.39, 0.29) is 10.6 Å². The predicted octanol–water partition coefficient (Wildman–Crippen LogP) is 1.19. The number of hydrogen-bond acceptors (Lipinski definition) is 4. The lowest BCUT2D eigenvalue weighted by molar-refractivity contribution is 0.342. The van der Waals surface area contributed by atoms with E-state index in [9.17, 15) is 16.8 Å². The van der Waals surface area contributed by atoms with E-state index in [1.165, 1.54) is 12.1 Å². The smallest absolute Gasteiger partial charge is 0.273 e. The molecule has 0 saturated heterocycles. The average molecular weight is 373 g/mol. The van der Waals surface area contributed by atoms with E-state index >= 15 is 0 Å². The van der Waals surface area contributed by atoms with Crippen molar-refractivity contribution in [2.24, 2.45) is 5.92 Å². The lowest BCUT2D eigenvalue weighted by Crippen LogP contribution is -2.48. The third-order valence-electron chi connectivity index (χ3n) is 2.88. The first-order valence-corrected chi connectivity index (χ1v) is 9.40. The summed E-state index contributed by atoms with van der Waals surface area (Å²) in [5, 5.41) is 0.173. The van der Waals surface area contributed by atoms with E-state index in [2.05, 4.69) is 0 Å². The van der Waals surface area contributed by atoms with E-state index in [0.717, 1.165) is 0 Å². The molecule has 11 heteroatoms. The van der Waals surface area contributed by atoms with Gasteiger partial charge in [-0.3, -0.25) is 9.11 Å². The second kappa shape index (κ2) is 7.21. The van der Waals surface area contributed by atoms with Gasteiger partial charge in [0, 0.05) is 11.1 Å². The van der Waals surface area contributed by atoms with Gasteiger partial charge < -0.3 is 0 Å². The van der Waals surface area contributed by atoms with Gasteiger partial charge in [-0.15, -0.1) is 0 Å². The van der Waals surface area contributed by atoms with Crippen LogP contribution in [0.1, 0.15) is 25.5 Å². The second-order valence-corrected chi connectivity index (χ2v) is 7.73. The van der Waals surface area contributed by atoms with Crippen molar-refractivity contribution in [1.29, 1.82) is 0 Å². The Hall–Kier alpha value is -0.750. The number of halogens is 1. The Labute approximate surface area is 134 Å². The van der Waals surface area contributed by atoms with Gasteiger partial charge in [-0.25, -0.2) is 0 Å². The highest BCUT2D eigenvalue weighted by Crippen LogP contribution is 2.29. The first-order valence-electron chi connectivity index (χ1n) is 6.14. The van der Waals surface area contributed by atoms with Crippen molar-refractivity contribution in [1.82, 2.24) is 9.44 Å². The summed E-state index contributed by atoms with van der Waals surface area (Å²) in [6.45, 7) is 3.22. The largest absolute Gasteiger partial charge is 0.333 e. The fraction of sp³-hybridized carbons (Fsp3) is 0.455. The van der Waals surface area contributed by atoms with Crippen molar-refractivity contribution in [3.8, 4) is 0 Å². The summed E-state index contributed by atoms with van der Waals surface area (Å²) < 4.78 is 66.5. The van der Waals surface area contributed by atoms with E-state index in [1.54, 1.807) is 26.0 Å². The lowest BCUT2D eigenvalue weighted by Gasteiger charge is -2.30. The molecule has 1 aromatic rings. The van der Waals surface area contributed by atoms with Gasteiger partial charge in [-0.2, -0.15) is 26.3 Å². The van der Waals surface area contributed by atoms with E-state index in [1.807, 2.05) is 9.44 Å². The summed E-state index contributed by atoms with van der Waals surface area (Å²) in [5.41, 5.74) is 0.247. The Morgan fingerprint density at radius 2 is 1.50 bits per heavy atom. The Kier molecular flexibility index (Phi) is 6.33. The molecular formula is C11H17ClN2O6S2. The Morgan fingerprint density at radius 3 is 1.91 bits per heavy atom. The van der Waals surface area contributed by atoms with Crippen molar-refractivity contribution in [3.05, 3.63) is 34.9 Å². The summed E-state index contributed by atoms with van der Waals surface area (Å²) >= 11 is 6.01. The molecule has 0 bridgehead atoms. The number of benzene rings is 1. The van der Waals surface area contributed by atoms with Crippen LogP contribution in [0.5, 0.6) is 0 Å². The molecule has 1 rings (SSSR count). The van der Waals surface area contributed by atoms with Gasteiger partial charge in [0.15, 0.2) is 0 Å². The molecule has 1 aromatic carbocycles. The zero-order chi connectivity index (χ0) is 17.1. The minimum atomic E-state index is -4.65. The molecule has 126 valence electrons. The molecule has 8 nitrogen and oxygen atoms in total. The van der Waals surface area contributed by atoms with Gasteiger partial charge >= 0.3 is 20.6 Å². The monoisotopic (exact) mass is 372 g/mol. The van der Waals surface area contributed by atoms with E-state index in [4.69, 9.17) is 20.7 Å². The lowest BCUT2D eigenvalue weighted by atomic mass is 9.92. The fourth-order valence-corrected chi connectivity index (χ4v) is 3.58. The number of nitrogens with one attached hydrogen (secondary N) is 2. The van der Waals surface area contributed by atoms with Gasteiger partial charge in [0.2, 0.25) is 0 Å². The van der Waals surface area contributed by atoms with Crippen LogP contribution in [-0.4, -0.2) is 32.0 Å². The van der Waals surface area contributed by atoms with Gasteiger partial charge in [-0.1, -0.05) is 43.6 Å². The molecule has 0 heterocycles. The van der Waals surface area contributed by atoms with Crippen molar-refractivity contribution < 1.29 is 25.9 Å². The van der Waals surface area contributed by atoms with Gasteiger partial charge in [0.05, 0.1) is 6.04 Å². The molecule has 0 aliphatic heterocycles. The minimum absolute atomic E-state index is 0.173. The molecule has 0 aromatic heterocycles. The highest BCUT2D eigenvalue weighted by Gasteiger charge is 2.33. The van der Waals surface area contributed by atoms with Crippen molar-refractivity contribution >= 4 is 32.2 Å². The third-order valence-corrected chi connectivity index (χ3v) is 4.34. The summed E-state index contributed by atoms with van der Waals surface area (Å²) in [6.07, 6.45) is 0. The summed E-state index contributed by atoms with van der Waals surface area (Å²) in [6, 6.07) is 3.84. The molecular weight excluding hydrogens is 356 g/mol. The molecule has 0 fully saturated rings. The number of hydrogen-bond donors (Lipinski definition) is 4. The van der Waals surface area contributed by atoms with Gasteiger partial charge in [-0.05, 0) is 17.5 Å². The molecule has 0 spiro atoms.